The van der Waals surface area contributed by atoms with E-state index in [1.165, 1.54) is 16.1 Å². The second kappa shape index (κ2) is 6.56. The summed E-state index contributed by atoms with van der Waals surface area (Å²) in [4.78, 5) is 0.902. The molecule has 21 heavy (non-hydrogen) atoms. The Morgan fingerprint density at radius 2 is 2.05 bits per heavy atom. The molecule has 3 N–H and O–H groups in total. The van der Waals surface area contributed by atoms with Crippen LogP contribution < -0.4 is 5.73 Å². The number of β-amino-alcohol motifs (C(OH)–C–C–N with tert-alkyl or cyclic N) is 1. The minimum Gasteiger partial charge on any atom is -0.398 e. The number of aliphatic hydroxyl groups is 1. The molecule has 0 saturated carbocycles. The van der Waals surface area contributed by atoms with Gasteiger partial charge in [-0.1, -0.05) is 25.5 Å². The highest BCUT2D eigenvalue weighted by atomic mass is 32.2. The van der Waals surface area contributed by atoms with E-state index in [0.29, 0.717) is 17.9 Å². The van der Waals surface area contributed by atoms with Crippen LogP contribution in [0.25, 0.3) is 0 Å². The summed E-state index contributed by atoms with van der Waals surface area (Å²) < 4.78 is 25.7. The Balaban J connectivity index is 1.82. The van der Waals surface area contributed by atoms with Crippen LogP contribution in [0, 0.1) is 0 Å². The standard InChI is InChI=1S/C14H22N2O3S2/c1-2-7-14(17)10-16(11-14)21(18,19)9-8-20-13-6-4-3-5-12(13)15/h3-6,17H,2,7-11,15H2,1H3. The van der Waals surface area contributed by atoms with Gasteiger partial charge in [0.05, 0.1) is 11.4 Å². The first-order chi connectivity index (χ1) is 9.86. The zero-order chi connectivity index (χ0) is 15.5. The first-order valence-corrected chi connectivity index (χ1v) is 9.63. The fourth-order valence-electron chi connectivity index (χ4n) is 2.43. The van der Waals surface area contributed by atoms with Crippen LogP contribution in [-0.2, 0) is 10.0 Å². The van der Waals surface area contributed by atoms with Crippen LogP contribution in [-0.4, -0.2) is 48.0 Å². The summed E-state index contributed by atoms with van der Waals surface area (Å²) in [6, 6.07) is 7.42. The maximum atomic E-state index is 12.2. The molecule has 1 aromatic carbocycles. The number of thioether (sulfide) groups is 1. The van der Waals surface area contributed by atoms with Gasteiger partial charge in [0.2, 0.25) is 10.0 Å². The van der Waals surface area contributed by atoms with Gasteiger partial charge in [0, 0.05) is 29.4 Å². The molecule has 1 aliphatic heterocycles. The molecule has 0 spiro atoms. The number of anilines is 1. The Morgan fingerprint density at radius 3 is 2.67 bits per heavy atom. The van der Waals surface area contributed by atoms with E-state index in [0.717, 1.165) is 11.3 Å². The van der Waals surface area contributed by atoms with Gasteiger partial charge in [0.25, 0.3) is 0 Å². The van der Waals surface area contributed by atoms with E-state index >= 15 is 0 Å². The van der Waals surface area contributed by atoms with Crippen molar-refractivity contribution >= 4 is 27.5 Å². The Morgan fingerprint density at radius 1 is 1.38 bits per heavy atom. The fraction of sp³-hybridized carbons (Fsp3) is 0.571. The predicted molar refractivity (Wildman–Crippen MR) is 86.8 cm³/mol. The maximum absolute atomic E-state index is 12.2. The minimum atomic E-state index is -3.28. The van der Waals surface area contributed by atoms with E-state index in [2.05, 4.69) is 0 Å². The molecule has 1 heterocycles. The van der Waals surface area contributed by atoms with Crippen LogP contribution in [0.5, 0.6) is 0 Å². The van der Waals surface area contributed by atoms with Crippen molar-refractivity contribution in [3.05, 3.63) is 24.3 Å². The molecule has 0 aromatic heterocycles. The van der Waals surface area contributed by atoms with Crippen LogP contribution in [0.3, 0.4) is 0 Å². The SMILES string of the molecule is CCCC1(O)CN(S(=O)(=O)CCSc2ccccc2N)C1. The van der Waals surface area contributed by atoms with Gasteiger partial charge >= 0.3 is 0 Å². The molecule has 1 aromatic rings. The summed E-state index contributed by atoms with van der Waals surface area (Å²) in [5.74, 6) is 0.521. The summed E-state index contributed by atoms with van der Waals surface area (Å²) in [5.41, 5.74) is 5.67. The van der Waals surface area contributed by atoms with Crippen molar-refractivity contribution in [2.24, 2.45) is 0 Å². The van der Waals surface area contributed by atoms with E-state index in [1.54, 1.807) is 6.07 Å². The summed E-state index contributed by atoms with van der Waals surface area (Å²) in [6.45, 7) is 2.43. The quantitative estimate of drug-likeness (QED) is 0.585. The fourth-order valence-corrected chi connectivity index (χ4v) is 5.37. The summed E-state index contributed by atoms with van der Waals surface area (Å²) in [6.07, 6.45) is 1.50. The average molecular weight is 330 g/mol. The molecule has 2 rings (SSSR count). The van der Waals surface area contributed by atoms with Crippen LogP contribution in [0.4, 0.5) is 5.69 Å². The number of hydrogen-bond donors (Lipinski definition) is 2. The first kappa shape index (κ1) is 16.6. The topological polar surface area (TPSA) is 83.6 Å². The molecule has 1 saturated heterocycles. The predicted octanol–water partition coefficient (Wildman–Crippen LogP) is 1.54. The molecule has 1 fully saturated rings. The monoisotopic (exact) mass is 330 g/mol. The molecular formula is C14H22N2O3S2. The Bertz CT molecular complexity index is 584. The number of benzene rings is 1. The lowest BCUT2D eigenvalue weighted by molar-refractivity contribution is -0.0652. The zero-order valence-electron chi connectivity index (χ0n) is 12.2. The Hall–Kier alpha value is -0.760. The smallest absolute Gasteiger partial charge is 0.215 e. The summed E-state index contributed by atoms with van der Waals surface area (Å²) >= 11 is 1.44. The van der Waals surface area contributed by atoms with Crippen molar-refractivity contribution < 1.29 is 13.5 Å². The Kier molecular flexibility index (Phi) is 5.19. The lowest BCUT2D eigenvalue weighted by Gasteiger charge is -2.45. The van der Waals surface area contributed by atoms with Gasteiger partial charge in [-0.3, -0.25) is 0 Å². The minimum absolute atomic E-state index is 0.0637. The molecule has 0 aliphatic carbocycles. The largest absolute Gasteiger partial charge is 0.398 e. The molecule has 0 bridgehead atoms. The second-order valence-electron chi connectivity index (χ2n) is 5.44. The second-order valence-corrected chi connectivity index (χ2v) is 8.67. The lowest BCUT2D eigenvalue weighted by Crippen LogP contribution is -2.63. The van der Waals surface area contributed by atoms with E-state index in [9.17, 15) is 13.5 Å². The highest BCUT2D eigenvalue weighted by Gasteiger charge is 2.45. The van der Waals surface area contributed by atoms with E-state index < -0.39 is 15.6 Å². The van der Waals surface area contributed by atoms with Crippen LogP contribution in [0.2, 0.25) is 0 Å². The number of nitrogens with zero attached hydrogens (tertiary/aromatic N) is 1. The molecule has 0 radical (unpaired) electrons. The molecule has 118 valence electrons. The van der Waals surface area contributed by atoms with Gasteiger partial charge in [-0.05, 0) is 18.6 Å². The number of hydrogen-bond acceptors (Lipinski definition) is 5. The van der Waals surface area contributed by atoms with Crippen molar-refractivity contribution in [1.82, 2.24) is 4.31 Å². The van der Waals surface area contributed by atoms with Gasteiger partial charge in [-0.25, -0.2) is 8.42 Å². The number of nitrogens with two attached hydrogens (primary N) is 1. The number of nitrogen functional groups attached to an aromatic ring is 1. The molecule has 0 amide bonds. The molecular weight excluding hydrogens is 308 g/mol. The molecule has 7 heteroatoms. The number of rotatable bonds is 7. The van der Waals surface area contributed by atoms with E-state index in [-0.39, 0.29) is 18.8 Å². The highest BCUT2D eigenvalue weighted by molar-refractivity contribution is 8.00. The third-order valence-corrected chi connectivity index (χ3v) is 6.68. The third kappa shape index (κ3) is 4.12. The molecule has 5 nitrogen and oxygen atoms in total. The van der Waals surface area contributed by atoms with Crippen molar-refractivity contribution in [3.63, 3.8) is 0 Å². The van der Waals surface area contributed by atoms with Gasteiger partial charge in [-0.2, -0.15) is 4.31 Å². The van der Waals surface area contributed by atoms with E-state index in [4.69, 9.17) is 5.73 Å². The van der Waals surface area contributed by atoms with Crippen molar-refractivity contribution in [3.8, 4) is 0 Å². The number of para-hydroxylation sites is 1. The third-order valence-electron chi connectivity index (χ3n) is 3.57. The molecule has 1 aliphatic rings. The van der Waals surface area contributed by atoms with Gasteiger partial charge in [-0.15, -0.1) is 11.8 Å². The first-order valence-electron chi connectivity index (χ1n) is 7.04. The highest BCUT2D eigenvalue weighted by Crippen LogP contribution is 2.30. The summed E-state index contributed by atoms with van der Waals surface area (Å²) in [7, 11) is -3.28. The Labute approximate surface area is 130 Å². The summed E-state index contributed by atoms with van der Waals surface area (Å²) in [5, 5.41) is 10.1. The average Bonchev–Trinajstić information content (AvgIpc) is 2.38. The zero-order valence-corrected chi connectivity index (χ0v) is 13.8. The lowest BCUT2D eigenvalue weighted by atomic mass is 9.92. The molecule has 0 unspecified atom stereocenters. The van der Waals surface area contributed by atoms with E-state index in [1.807, 2.05) is 25.1 Å². The van der Waals surface area contributed by atoms with Gasteiger partial charge in [0.15, 0.2) is 0 Å². The van der Waals surface area contributed by atoms with Crippen molar-refractivity contribution in [2.45, 2.75) is 30.3 Å². The maximum Gasteiger partial charge on any atom is 0.215 e. The van der Waals surface area contributed by atoms with Crippen LogP contribution in [0.1, 0.15) is 19.8 Å². The van der Waals surface area contributed by atoms with Crippen molar-refractivity contribution in [2.75, 3.05) is 30.3 Å². The normalized spacial score (nSPS) is 18.4. The number of sulfonamides is 1. The van der Waals surface area contributed by atoms with Crippen LogP contribution in [0.15, 0.2) is 29.2 Å². The van der Waals surface area contributed by atoms with Gasteiger partial charge in [0.1, 0.15) is 0 Å². The van der Waals surface area contributed by atoms with Gasteiger partial charge < -0.3 is 10.8 Å². The van der Waals surface area contributed by atoms with Crippen molar-refractivity contribution in [1.29, 1.82) is 0 Å². The molecule has 0 atom stereocenters. The van der Waals surface area contributed by atoms with Crippen LogP contribution >= 0.6 is 11.8 Å².